The van der Waals surface area contributed by atoms with Crippen molar-refractivity contribution in [1.29, 1.82) is 0 Å². The fourth-order valence-corrected chi connectivity index (χ4v) is 1.90. The summed E-state index contributed by atoms with van der Waals surface area (Å²) in [5, 5.41) is 21.2. The third-order valence-corrected chi connectivity index (χ3v) is 3.06. The van der Waals surface area contributed by atoms with Crippen molar-refractivity contribution in [3.63, 3.8) is 0 Å². The van der Waals surface area contributed by atoms with Crippen molar-refractivity contribution >= 4 is 17.2 Å². The highest BCUT2D eigenvalue weighted by molar-refractivity contribution is 7.09. The molecular formula is C9H14N2O3S. The molecule has 1 aromatic heterocycles. The van der Waals surface area contributed by atoms with E-state index in [0.717, 1.165) is 0 Å². The molecule has 84 valence electrons. The smallest absolute Gasteiger partial charge is 0.268 e. The van der Waals surface area contributed by atoms with Crippen LogP contribution in [0.2, 0.25) is 0 Å². The number of hydrogen-bond acceptors (Lipinski definition) is 5. The number of rotatable bonds is 4. The van der Waals surface area contributed by atoms with Gasteiger partial charge in [0.2, 0.25) is 0 Å². The van der Waals surface area contributed by atoms with Gasteiger partial charge >= 0.3 is 0 Å². The summed E-state index contributed by atoms with van der Waals surface area (Å²) in [5.41, 5.74) is 3.99. The van der Waals surface area contributed by atoms with Gasteiger partial charge in [0, 0.05) is 11.8 Å². The van der Waals surface area contributed by atoms with Crippen LogP contribution in [0.1, 0.15) is 29.3 Å². The molecule has 0 unspecified atom stereocenters. The van der Waals surface area contributed by atoms with E-state index in [4.69, 9.17) is 5.73 Å². The minimum absolute atomic E-state index is 0.191. The van der Waals surface area contributed by atoms with Gasteiger partial charge in [-0.25, -0.2) is 4.98 Å². The maximum absolute atomic E-state index is 10.8. The van der Waals surface area contributed by atoms with Crippen LogP contribution >= 0.6 is 11.3 Å². The normalized spacial score (nSPS) is 17.1. The zero-order chi connectivity index (χ0) is 11.6. The molecule has 0 aliphatic heterocycles. The van der Waals surface area contributed by atoms with Gasteiger partial charge in [-0.3, -0.25) is 4.79 Å². The summed E-state index contributed by atoms with van der Waals surface area (Å²) in [5.74, 6) is -0.589. The molecule has 4 N–H and O–H groups in total. The maximum atomic E-state index is 10.8. The van der Waals surface area contributed by atoms with Crippen LogP contribution in [0.4, 0.5) is 0 Å². The van der Waals surface area contributed by atoms with Gasteiger partial charge in [-0.15, -0.1) is 11.3 Å². The number of primary amides is 1. The summed E-state index contributed by atoms with van der Waals surface area (Å²) >= 11 is 1.24. The number of carbonyl (C=O) groups is 1. The number of thiazole rings is 1. The van der Waals surface area contributed by atoms with Crippen LogP contribution in [0.3, 0.4) is 0 Å². The van der Waals surface area contributed by atoms with E-state index in [0.29, 0.717) is 5.01 Å². The second-order valence-corrected chi connectivity index (χ2v) is 4.64. The molecule has 2 atom stereocenters. The molecule has 0 saturated heterocycles. The highest BCUT2D eigenvalue weighted by Gasteiger charge is 2.28. The Labute approximate surface area is 91.6 Å². The van der Waals surface area contributed by atoms with Crippen molar-refractivity contribution in [1.82, 2.24) is 4.98 Å². The van der Waals surface area contributed by atoms with Crippen molar-refractivity contribution in [2.45, 2.75) is 32.0 Å². The van der Waals surface area contributed by atoms with E-state index in [-0.39, 0.29) is 12.1 Å². The standard InChI is InChI=1S/C9H14N2O3S/c1-5(12)9(2,14)3-7-11-6(4-15-7)8(10)13/h4-5,12,14H,3H2,1-2H3,(H2,10,13)/t5-,9+/m1/s1. The number of amides is 1. The van der Waals surface area contributed by atoms with Crippen molar-refractivity contribution in [3.8, 4) is 0 Å². The molecule has 0 radical (unpaired) electrons. The van der Waals surface area contributed by atoms with Crippen LogP contribution < -0.4 is 5.73 Å². The number of aliphatic hydroxyl groups excluding tert-OH is 1. The molecule has 0 bridgehead atoms. The number of aliphatic hydroxyl groups is 2. The van der Waals surface area contributed by atoms with Crippen molar-refractivity contribution in [3.05, 3.63) is 16.1 Å². The number of nitrogens with zero attached hydrogens (tertiary/aromatic N) is 1. The third kappa shape index (κ3) is 2.98. The van der Waals surface area contributed by atoms with E-state index >= 15 is 0 Å². The second-order valence-electron chi connectivity index (χ2n) is 3.70. The Balaban J connectivity index is 2.77. The predicted octanol–water partition coefficient (Wildman–Crippen LogP) is -0.0837. The van der Waals surface area contributed by atoms with Gasteiger partial charge in [0.15, 0.2) is 0 Å². The molecule has 0 aliphatic carbocycles. The largest absolute Gasteiger partial charge is 0.390 e. The Kier molecular flexibility index (Phi) is 3.43. The van der Waals surface area contributed by atoms with Gasteiger partial charge in [0.05, 0.1) is 16.7 Å². The Hall–Kier alpha value is -0.980. The zero-order valence-electron chi connectivity index (χ0n) is 8.60. The molecular weight excluding hydrogens is 216 g/mol. The molecule has 1 rings (SSSR count). The van der Waals surface area contributed by atoms with Crippen LogP contribution in [0.25, 0.3) is 0 Å². The number of aromatic nitrogens is 1. The first-order chi connectivity index (χ1) is 6.83. The number of hydrogen-bond donors (Lipinski definition) is 3. The van der Waals surface area contributed by atoms with Gasteiger partial charge in [-0.2, -0.15) is 0 Å². The number of carbonyl (C=O) groups excluding carboxylic acids is 1. The van der Waals surface area contributed by atoms with Crippen LogP contribution in [-0.2, 0) is 6.42 Å². The van der Waals surface area contributed by atoms with Crippen LogP contribution in [0.5, 0.6) is 0 Å². The monoisotopic (exact) mass is 230 g/mol. The molecule has 6 heteroatoms. The first kappa shape index (κ1) is 12.1. The van der Waals surface area contributed by atoms with Crippen molar-refractivity contribution < 1.29 is 15.0 Å². The average Bonchev–Trinajstić information content (AvgIpc) is 2.51. The SMILES string of the molecule is C[C@@H](O)[C@@](C)(O)Cc1nc(C(N)=O)cs1. The highest BCUT2D eigenvalue weighted by atomic mass is 32.1. The summed E-state index contributed by atoms with van der Waals surface area (Å²) in [6.07, 6.45) is -0.666. The molecule has 0 aromatic carbocycles. The first-order valence-electron chi connectivity index (χ1n) is 4.47. The Bertz CT molecular complexity index is 360. The average molecular weight is 230 g/mol. The lowest BCUT2D eigenvalue weighted by Gasteiger charge is -2.25. The topological polar surface area (TPSA) is 96.4 Å². The Morgan fingerprint density at radius 2 is 2.40 bits per heavy atom. The van der Waals surface area contributed by atoms with Gasteiger partial charge in [-0.05, 0) is 13.8 Å². The highest BCUT2D eigenvalue weighted by Crippen LogP contribution is 2.19. The third-order valence-electron chi connectivity index (χ3n) is 2.21. The second kappa shape index (κ2) is 4.26. The Morgan fingerprint density at radius 3 is 2.80 bits per heavy atom. The molecule has 5 nitrogen and oxygen atoms in total. The molecule has 1 amide bonds. The fraction of sp³-hybridized carbons (Fsp3) is 0.556. The van der Waals surface area contributed by atoms with E-state index < -0.39 is 17.6 Å². The van der Waals surface area contributed by atoms with Gasteiger partial charge in [-0.1, -0.05) is 0 Å². The lowest BCUT2D eigenvalue weighted by Crippen LogP contribution is -2.39. The molecule has 1 heterocycles. The minimum atomic E-state index is -1.24. The zero-order valence-corrected chi connectivity index (χ0v) is 9.41. The summed E-state index contributed by atoms with van der Waals surface area (Å²) in [4.78, 5) is 14.7. The maximum Gasteiger partial charge on any atom is 0.268 e. The molecule has 0 aliphatic rings. The predicted molar refractivity (Wildman–Crippen MR) is 56.6 cm³/mol. The lowest BCUT2D eigenvalue weighted by molar-refractivity contribution is -0.0513. The molecule has 1 aromatic rings. The lowest BCUT2D eigenvalue weighted by atomic mass is 9.97. The van der Waals surface area contributed by atoms with Gasteiger partial charge < -0.3 is 15.9 Å². The summed E-state index contributed by atoms with van der Waals surface area (Å²) < 4.78 is 0. The molecule has 0 fully saturated rings. The molecule has 0 spiro atoms. The Morgan fingerprint density at radius 1 is 1.80 bits per heavy atom. The van der Waals surface area contributed by atoms with E-state index in [2.05, 4.69) is 4.98 Å². The summed E-state index contributed by atoms with van der Waals surface area (Å²) in [6, 6.07) is 0. The first-order valence-corrected chi connectivity index (χ1v) is 5.35. The van der Waals surface area contributed by atoms with Crippen molar-refractivity contribution in [2.75, 3.05) is 0 Å². The van der Waals surface area contributed by atoms with Crippen LogP contribution in [-0.4, -0.2) is 32.8 Å². The van der Waals surface area contributed by atoms with Crippen LogP contribution in [0, 0.1) is 0 Å². The fourth-order valence-electron chi connectivity index (χ4n) is 0.959. The summed E-state index contributed by atoms with van der Waals surface area (Å²) in [7, 11) is 0. The molecule has 15 heavy (non-hydrogen) atoms. The van der Waals surface area contributed by atoms with Gasteiger partial charge in [0.1, 0.15) is 5.69 Å². The quantitative estimate of drug-likeness (QED) is 0.673. The van der Waals surface area contributed by atoms with E-state index in [1.807, 2.05) is 0 Å². The number of nitrogens with two attached hydrogens (primary N) is 1. The van der Waals surface area contributed by atoms with Gasteiger partial charge in [0.25, 0.3) is 5.91 Å². The minimum Gasteiger partial charge on any atom is -0.390 e. The van der Waals surface area contributed by atoms with E-state index in [9.17, 15) is 15.0 Å². The van der Waals surface area contributed by atoms with E-state index in [1.54, 1.807) is 0 Å². The van der Waals surface area contributed by atoms with Crippen molar-refractivity contribution in [2.24, 2.45) is 5.73 Å². The van der Waals surface area contributed by atoms with E-state index in [1.165, 1.54) is 30.6 Å². The van der Waals surface area contributed by atoms with Crippen LogP contribution in [0.15, 0.2) is 5.38 Å². The molecule has 0 saturated carbocycles. The summed E-state index contributed by atoms with van der Waals surface area (Å²) in [6.45, 7) is 3.02.